The number of anilines is 1. The van der Waals surface area contributed by atoms with Gasteiger partial charge in [0, 0.05) is 19.7 Å². The molecule has 1 unspecified atom stereocenters. The number of guanidine groups is 1. The number of halogens is 1. The van der Waals surface area contributed by atoms with Crippen LogP contribution in [0.1, 0.15) is 19.4 Å². The van der Waals surface area contributed by atoms with Crippen LogP contribution in [0.25, 0.3) is 0 Å². The molecule has 0 aromatic heterocycles. The van der Waals surface area contributed by atoms with Crippen molar-refractivity contribution < 1.29 is 13.2 Å². The molecular formula is C15H27IN4O3S. The van der Waals surface area contributed by atoms with E-state index >= 15 is 0 Å². The summed E-state index contributed by atoms with van der Waals surface area (Å²) in [7, 11) is -1.67. The first-order chi connectivity index (χ1) is 10.9. The average molecular weight is 470 g/mol. The zero-order valence-corrected chi connectivity index (χ0v) is 17.6. The Labute approximate surface area is 161 Å². The molecule has 1 atom stereocenters. The summed E-state index contributed by atoms with van der Waals surface area (Å²) in [5.74, 6) is 0.659. The highest BCUT2D eigenvalue weighted by atomic mass is 127. The lowest BCUT2D eigenvalue weighted by molar-refractivity contribution is 0.179. The highest BCUT2D eigenvalue weighted by molar-refractivity contribution is 14.0. The summed E-state index contributed by atoms with van der Waals surface area (Å²) in [6, 6.07) is 7.32. The van der Waals surface area contributed by atoms with Crippen molar-refractivity contribution in [3.63, 3.8) is 0 Å². The maximum Gasteiger partial charge on any atom is 0.229 e. The lowest BCUT2D eigenvalue weighted by atomic mass is 10.2. The van der Waals surface area contributed by atoms with Crippen LogP contribution in [0.15, 0.2) is 29.3 Å². The van der Waals surface area contributed by atoms with E-state index in [0.717, 1.165) is 18.4 Å². The molecule has 3 N–H and O–H groups in total. The van der Waals surface area contributed by atoms with Crippen molar-refractivity contribution in [2.24, 2.45) is 4.99 Å². The minimum absolute atomic E-state index is 0. The first kappa shape index (κ1) is 22.9. The second-order valence-corrected chi connectivity index (χ2v) is 6.98. The van der Waals surface area contributed by atoms with E-state index in [4.69, 9.17) is 4.74 Å². The number of nitrogens with zero attached hydrogens (tertiary/aromatic N) is 1. The van der Waals surface area contributed by atoms with Gasteiger partial charge in [-0.25, -0.2) is 13.4 Å². The molecule has 0 saturated heterocycles. The maximum atomic E-state index is 11.4. The molecule has 0 aliphatic rings. The molecule has 1 aromatic carbocycles. The molecule has 24 heavy (non-hydrogen) atoms. The predicted octanol–water partition coefficient (Wildman–Crippen LogP) is 1.77. The van der Waals surface area contributed by atoms with E-state index in [2.05, 4.69) is 20.3 Å². The fraction of sp³-hybridized carbons (Fsp3) is 0.533. The van der Waals surface area contributed by atoms with E-state index in [-0.39, 0.29) is 30.0 Å². The van der Waals surface area contributed by atoms with Gasteiger partial charge in [0.05, 0.1) is 25.1 Å². The fourth-order valence-corrected chi connectivity index (χ4v) is 2.57. The van der Waals surface area contributed by atoms with Gasteiger partial charge in [0.1, 0.15) is 0 Å². The highest BCUT2D eigenvalue weighted by Crippen LogP contribution is 2.17. The van der Waals surface area contributed by atoms with Gasteiger partial charge in [-0.1, -0.05) is 18.2 Å². The molecule has 0 aliphatic carbocycles. The van der Waals surface area contributed by atoms with Crippen molar-refractivity contribution in [2.45, 2.75) is 26.4 Å². The molecular weight excluding hydrogens is 443 g/mol. The van der Waals surface area contributed by atoms with Crippen LogP contribution in [0, 0.1) is 0 Å². The van der Waals surface area contributed by atoms with Gasteiger partial charge >= 0.3 is 0 Å². The largest absolute Gasteiger partial charge is 0.383 e. The second-order valence-electron chi connectivity index (χ2n) is 5.23. The number of ether oxygens (including phenoxy) is 1. The molecule has 0 fully saturated rings. The van der Waals surface area contributed by atoms with Gasteiger partial charge in [-0.05, 0) is 25.5 Å². The average Bonchev–Trinajstić information content (AvgIpc) is 2.45. The molecule has 7 nitrogen and oxygen atoms in total. The number of rotatable bonds is 8. The quantitative estimate of drug-likeness (QED) is 0.306. The summed E-state index contributed by atoms with van der Waals surface area (Å²) in [5.41, 5.74) is 1.34. The lowest BCUT2D eigenvalue weighted by Crippen LogP contribution is -2.43. The Balaban J connectivity index is 0.00000529. The summed E-state index contributed by atoms with van der Waals surface area (Å²) in [5, 5.41) is 6.39. The van der Waals surface area contributed by atoms with Gasteiger partial charge in [-0.3, -0.25) is 4.72 Å². The van der Waals surface area contributed by atoms with E-state index in [9.17, 15) is 8.42 Å². The number of hydrogen-bond donors (Lipinski definition) is 3. The third-order valence-electron chi connectivity index (χ3n) is 2.86. The first-order valence-electron chi connectivity index (χ1n) is 7.45. The van der Waals surface area contributed by atoms with Crippen molar-refractivity contribution in [3.8, 4) is 0 Å². The Morgan fingerprint density at radius 1 is 1.33 bits per heavy atom. The molecule has 0 heterocycles. The second kappa shape index (κ2) is 11.5. The Morgan fingerprint density at radius 3 is 2.58 bits per heavy atom. The van der Waals surface area contributed by atoms with Crippen LogP contribution in [-0.4, -0.2) is 46.9 Å². The van der Waals surface area contributed by atoms with Gasteiger partial charge < -0.3 is 15.4 Å². The maximum absolute atomic E-state index is 11.4. The predicted molar refractivity (Wildman–Crippen MR) is 110 cm³/mol. The fourth-order valence-electron chi connectivity index (χ4n) is 1.97. The highest BCUT2D eigenvalue weighted by Gasteiger charge is 2.08. The van der Waals surface area contributed by atoms with Crippen molar-refractivity contribution in [3.05, 3.63) is 29.8 Å². The van der Waals surface area contributed by atoms with Crippen LogP contribution in [0.4, 0.5) is 5.69 Å². The minimum atomic E-state index is -3.32. The van der Waals surface area contributed by atoms with Gasteiger partial charge in [-0.15, -0.1) is 24.0 Å². The Kier molecular flexibility index (Phi) is 11.0. The molecule has 0 amide bonds. The lowest BCUT2D eigenvalue weighted by Gasteiger charge is -2.17. The first-order valence-corrected chi connectivity index (χ1v) is 9.34. The third kappa shape index (κ3) is 9.28. The van der Waals surface area contributed by atoms with E-state index in [1.165, 1.54) is 0 Å². The molecule has 0 aliphatic heterocycles. The zero-order chi connectivity index (χ0) is 17.3. The standard InChI is InChI=1S/C15H26N4O3S.HI/c1-5-16-15(18-12(2)11-22-3)17-10-13-8-6-7-9-14(13)19-23(4,20)21;/h6-9,12,19H,5,10-11H2,1-4H3,(H2,16,17,18);1H. The number of sulfonamides is 1. The number of methoxy groups -OCH3 is 1. The van der Waals surface area contributed by atoms with Crippen LogP contribution >= 0.6 is 24.0 Å². The molecule has 0 radical (unpaired) electrons. The number of benzene rings is 1. The molecule has 1 aromatic rings. The Morgan fingerprint density at radius 2 is 2.00 bits per heavy atom. The number of aliphatic imine (C=N–C) groups is 1. The van der Waals surface area contributed by atoms with Crippen molar-refractivity contribution in [1.29, 1.82) is 0 Å². The number of para-hydroxylation sites is 1. The van der Waals surface area contributed by atoms with Gasteiger partial charge in [0.2, 0.25) is 10.0 Å². The van der Waals surface area contributed by atoms with Crippen LogP contribution < -0.4 is 15.4 Å². The van der Waals surface area contributed by atoms with E-state index < -0.39 is 10.0 Å². The van der Waals surface area contributed by atoms with Gasteiger partial charge in [-0.2, -0.15) is 0 Å². The van der Waals surface area contributed by atoms with E-state index in [1.54, 1.807) is 19.2 Å². The van der Waals surface area contributed by atoms with Crippen LogP contribution in [0.3, 0.4) is 0 Å². The normalized spacial score (nSPS) is 12.9. The van der Waals surface area contributed by atoms with Gasteiger partial charge in [0.15, 0.2) is 5.96 Å². The molecule has 0 spiro atoms. The summed E-state index contributed by atoms with van der Waals surface area (Å²) in [4.78, 5) is 4.50. The van der Waals surface area contributed by atoms with Gasteiger partial charge in [0.25, 0.3) is 0 Å². The summed E-state index contributed by atoms with van der Waals surface area (Å²) in [6.07, 6.45) is 1.13. The Bertz CT molecular complexity index is 623. The summed E-state index contributed by atoms with van der Waals surface area (Å²) < 4.78 is 30.5. The van der Waals surface area contributed by atoms with Crippen LogP contribution in [0.5, 0.6) is 0 Å². The third-order valence-corrected chi connectivity index (χ3v) is 3.45. The molecule has 9 heteroatoms. The Hall–Kier alpha value is -1.07. The smallest absolute Gasteiger partial charge is 0.229 e. The summed E-state index contributed by atoms with van der Waals surface area (Å²) >= 11 is 0. The molecule has 138 valence electrons. The van der Waals surface area contributed by atoms with Crippen LogP contribution in [0.2, 0.25) is 0 Å². The van der Waals surface area contributed by atoms with Crippen molar-refractivity contribution in [1.82, 2.24) is 10.6 Å². The number of nitrogens with one attached hydrogen (secondary N) is 3. The summed E-state index contributed by atoms with van der Waals surface area (Å²) in [6.45, 7) is 5.63. The molecule has 1 rings (SSSR count). The van der Waals surface area contributed by atoms with Crippen LogP contribution in [-0.2, 0) is 21.3 Å². The number of hydrogen-bond acceptors (Lipinski definition) is 4. The molecule has 0 saturated carbocycles. The van der Waals surface area contributed by atoms with E-state index in [0.29, 0.717) is 24.8 Å². The van der Waals surface area contributed by atoms with Crippen molar-refractivity contribution in [2.75, 3.05) is 31.2 Å². The van der Waals surface area contributed by atoms with Crippen molar-refractivity contribution >= 4 is 45.6 Å². The SMILES string of the molecule is CCNC(=NCc1ccccc1NS(C)(=O)=O)NC(C)COC.I. The monoisotopic (exact) mass is 470 g/mol. The zero-order valence-electron chi connectivity index (χ0n) is 14.5. The minimum Gasteiger partial charge on any atom is -0.383 e. The molecule has 0 bridgehead atoms. The topological polar surface area (TPSA) is 91.8 Å². The van der Waals surface area contributed by atoms with E-state index in [1.807, 2.05) is 26.0 Å².